The minimum Gasteiger partial charge on any atom is -0.497 e. The summed E-state index contributed by atoms with van der Waals surface area (Å²) in [6.07, 6.45) is 1.63. The lowest BCUT2D eigenvalue weighted by molar-refractivity contribution is -0.127. The predicted molar refractivity (Wildman–Crippen MR) is 130 cm³/mol. The largest absolute Gasteiger partial charge is 0.497 e. The number of thioether (sulfide) groups is 1. The van der Waals surface area contributed by atoms with Gasteiger partial charge in [-0.15, -0.1) is 0 Å². The Hall–Kier alpha value is -3.78. The molecule has 7 nitrogen and oxygen atoms in total. The molecule has 1 saturated heterocycles. The summed E-state index contributed by atoms with van der Waals surface area (Å²) in [6.45, 7) is 1.58. The lowest BCUT2D eigenvalue weighted by atomic mass is 10.0. The fourth-order valence-electron chi connectivity index (χ4n) is 3.50. The molecule has 0 spiro atoms. The van der Waals surface area contributed by atoms with Gasteiger partial charge in [-0.05, 0) is 65.9 Å². The maximum atomic E-state index is 13.0. The number of carbonyl (C=O) groups is 3. The molecule has 0 atom stereocenters. The van der Waals surface area contributed by atoms with Crippen LogP contribution in [0.15, 0.2) is 59.5 Å². The first-order valence-electron chi connectivity index (χ1n) is 10.2. The number of rotatable bonds is 6. The topological polar surface area (TPSA) is 84.9 Å². The van der Waals surface area contributed by atoms with E-state index in [-0.39, 0.29) is 11.4 Å². The molecule has 1 aliphatic heterocycles. The number of imide groups is 1. The number of nitrogens with one attached hydrogen (secondary N) is 1. The molecule has 3 aromatic rings. The first kappa shape index (κ1) is 22.4. The van der Waals surface area contributed by atoms with Crippen molar-refractivity contribution >= 4 is 51.4 Å². The van der Waals surface area contributed by atoms with E-state index in [2.05, 4.69) is 5.32 Å². The average molecular weight is 463 g/mol. The normalized spacial score (nSPS) is 14.8. The van der Waals surface area contributed by atoms with Crippen LogP contribution >= 0.6 is 11.8 Å². The van der Waals surface area contributed by atoms with Crippen molar-refractivity contribution in [3.63, 3.8) is 0 Å². The molecular weight excluding hydrogens is 440 g/mol. The van der Waals surface area contributed by atoms with Gasteiger partial charge in [0.1, 0.15) is 18.0 Å². The maximum absolute atomic E-state index is 13.0. The first-order chi connectivity index (χ1) is 15.9. The highest BCUT2D eigenvalue weighted by molar-refractivity contribution is 8.18. The van der Waals surface area contributed by atoms with Crippen molar-refractivity contribution in [1.82, 2.24) is 4.90 Å². The number of benzene rings is 3. The lowest BCUT2D eigenvalue weighted by Crippen LogP contribution is -2.36. The van der Waals surface area contributed by atoms with Gasteiger partial charge in [-0.3, -0.25) is 19.3 Å². The van der Waals surface area contributed by atoms with Crippen molar-refractivity contribution in [2.24, 2.45) is 0 Å². The van der Waals surface area contributed by atoms with Crippen molar-refractivity contribution in [3.05, 3.63) is 70.6 Å². The fraction of sp³-hybridized carbons (Fsp3) is 0.160. The number of fused-ring (bicyclic) bond motifs is 1. The van der Waals surface area contributed by atoms with Gasteiger partial charge in [-0.1, -0.05) is 29.8 Å². The van der Waals surface area contributed by atoms with E-state index < -0.39 is 17.1 Å². The minimum absolute atomic E-state index is 0.219. The lowest BCUT2D eigenvalue weighted by Gasteiger charge is -2.13. The molecule has 4 rings (SSSR count). The van der Waals surface area contributed by atoms with Gasteiger partial charge in [0.25, 0.3) is 11.1 Å². The van der Waals surface area contributed by atoms with Crippen LogP contribution in [-0.4, -0.2) is 42.7 Å². The van der Waals surface area contributed by atoms with Gasteiger partial charge in [0.05, 0.1) is 19.1 Å². The number of anilines is 1. The van der Waals surface area contributed by atoms with Crippen molar-refractivity contribution in [3.8, 4) is 11.5 Å². The van der Waals surface area contributed by atoms with Crippen molar-refractivity contribution in [2.75, 3.05) is 26.1 Å². The Balaban J connectivity index is 1.60. The van der Waals surface area contributed by atoms with Crippen LogP contribution in [0.3, 0.4) is 0 Å². The zero-order valence-electron chi connectivity index (χ0n) is 18.4. The summed E-state index contributed by atoms with van der Waals surface area (Å²) in [7, 11) is 3.12. The summed E-state index contributed by atoms with van der Waals surface area (Å²) in [5, 5.41) is 3.96. The van der Waals surface area contributed by atoms with Crippen molar-refractivity contribution in [2.45, 2.75) is 6.92 Å². The summed E-state index contributed by atoms with van der Waals surface area (Å²) in [5.74, 6) is 0.242. The first-order valence-corrected chi connectivity index (χ1v) is 11.0. The molecule has 0 aromatic heterocycles. The highest BCUT2D eigenvalue weighted by Crippen LogP contribution is 2.37. The standard InChI is InChI=1S/C25H22N2O5S/c1-15-4-8-17(9-5-15)26-23(28)14-27-24(29)22(33-25(27)30)13-20-19-12-18(31-2)10-6-16(19)7-11-21(20)32-3/h4-13H,14H2,1-3H3,(H,26,28)/b22-13+. The summed E-state index contributed by atoms with van der Waals surface area (Å²) < 4.78 is 10.8. The second-order valence-corrected chi connectivity index (χ2v) is 8.44. The Morgan fingerprint density at radius 1 is 1.03 bits per heavy atom. The van der Waals surface area contributed by atoms with Crippen molar-refractivity contribution < 1.29 is 23.9 Å². The Morgan fingerprint density at radius 2 is 1.76 bits per heavy atom. The van der Waals surface area contributed by atoms with Gasteiger partial charge in [0.2, 0.25) is 5.91 Å². The zero-order chi connectivity index (χ0) is 23.5. The highest BCUT2D eigenvalue weighted by Gasteiger charge is 2.36. The van der Waals surface area contributed by atoms with Crippen LogP contribution in [0, 0.1) is 6.92 Å². The number of aryl methyl sites for hydroxylation is 1. The van der Waals surface area contributed by atoms with Crippen LogP contribution in [0.1, 0.15) is 11.1 Å². The molecule has 1 heterocycles. The van der Waals surface area contributed by atoms with Crippen LogP contribution in [0.2, 0.25) is 0 Å². The maximum Gasteiger partial charge on any atom is 0.294 e. The Morgan fingerprint density at radius 3 is 2.45 bits per heavy atom. The Kier molecular flexibility index (Phi) is 6.37. The van der Waals surface area contributed by atoms with E-state index in [1.165, 1.54) is 0 Å². The van der Waals surface area contributed by atoms with E-state index in [0.717, 1.165) is 33.0 Å². The van der Waals surface area contributed by atoms with E-state index in [1.807, 2.05) is 43.3 Å². The summed E-state index contributed by atoms with van der Waals surface area (Å²) >= 11 is 0.796. The zero-order valence-corrected chi connectivity index (χ0v) is 19.2. The molecule has 1 aliphatic rings. The molecular formula is C25H22N2O5S. The van der Waals surface area contributed by atoms with Gasteiger partial charge in [-0.2, -0.15) is 0 Å². The fourth-order valence-corrected chi connectivity index (χ4v) is 4.32. The Labute approximate surface area is 195 Å². The second-order valence-electron chi connectivity index (χ2n) is 7.45. The van der Waals surface area contributed by atoms with E-state index in [1.54, 1.807) is 38.5 Å². The van der Waals surface area contributed by atoms with E-state index in [9.17, 15) is 14.4 Å². The van der Waals surface area contributed by atoms with E-state index in [0.29, 0.717) is 22.7 Å². The van der Waals surface area contributed by atoms with Crippen LogP contribution in [0.5, 0.6) is 11.5 Å². The second kappa shape index (κ2) is 9.38. The van der Waals surface area contributed by atoms with Gasteiger partial charge in [0.15, 0.2) is 0 Å². The quantitative estimate of drug-likeness (QED) is 0.528. The number of hydrogen-bond donors (Lipinski definition) is 1. The molecule has 0 radical (unpaired) electrons. The number of ether oxygens (including phenoxy) is 2. The molecule has 0 aliphatic carbocycles. The van der Waals surface area contributed by atoms with Crippen LogP contribution in [-0.2, 0) is 9.59 Å². The molecule has 0 bridgehead atoms. The van der Waals surface area contributed by atoms with E-state index in [4.69, 9.17) is 9.47 Å². The van der Waals surface area contributed by atoms with Crippen LogP contribution in [0.25, 0.3) is 16.8 Å². The molecule has 8 heteroatoms. The Bertz CT molecular complexity index is 1280. The predicted octanol–water partition coefficient (Wildman–Crippen LogP) is 4.84. The smallest absolute Gasteiger partial charge is 0.294 e. The van der Waals surface area contributed by atoms with Crippen LogP contribution in [0.4, 0.5) is 10.5 Å². The monoisotopic (exact) mass is 462 g/mol. The number of hydrogen-bond acceptors (Lipinski definition) is 6. The van der Waals surface area contributed by atoms with E-state index >= 15 is 0 Å². The number of amides is 3. The number of nitrogens with zero attached hydrogens (tertiary/aromatic N) is 1. The van der Waals surface area contributed by atoms with Gasteiger partial charge in [-0.25, -0.2) is 0 Å². The molecule has 1 N–H and O–H groups in total. The molecule has 3 aromatic carbocycles. The third-order valence-corrected chi connectivity index (χ3v) is 6.14. The average Bonchev–Trinajstić information content (AvgIpc) is 3.07. The van der Waals surface area contributed by atoms with Gasteiger partial charge >= 0.3 is 0 Å². The summed E-state index contributed by atoms with van der Waals surface area (Å²) in [5.41, 5.74) is 2.32. The number of carbonyl (C=O) groups excluding carboxylic acids is 3. The molecule has 0 saturated carbocycles. The minimum atomic E-state index is -0.522. The van der Waals surface area contributed by atoms with Gasteiger partial charge in [0, 0.05) is 11.3 Å². The molecule has 1 fully saturated rings. The van der Waals surface area contributed by atoms with Crippen molar-refractivity contribution in [1.29, 1.82) is 0 Å². The molecule has 0 unspecified atom stereocenters. The van der Waals surface area contributed by atoms with Crippen LogP contribution < -0.4 is 14.8 Å². The SMILES string of the molecule is COc1ccc2ccc(OC)c(/C=C3/SC(=O)N(CC(=O)Nc4ccc(C)cc4)C3=O)c2c1. The third-order valence-electron chi connectivity index (χ3n) is 5.24. The summed E-state index contributed by atoms with van der Waals surface area (Å²) in [6, 6.07) is 16.6. The van der Waals surface area contributed by atoms with Gasteiger partial charge < -0.3 is 14.8 Å². The highest BCUT2D eigenvalue weighted by atomic mass is 32.2. The summed E-state index contributed by atoms with van der Waals surface area (Å²) in [4.78, 5) is 39.1. The number of methoxy groups -OCH3 is 2. The molecule has 33 heavy (non-hydrogen) atoms. The molecule has 168 valence electrons. The molecule has 3 amide bonds. The third kappa shape index (κ3) is 4.70.